The Morgan fingerprint density at radius 2 is 1.95 bits per heavy atom. The van der Waals surface area contributed by atoms with Gasteiger partial charge in [-0.2, -0.15) is 0 Å². The van der Waals surface area contributed by atoms with Gasteiger partial charge in [-0.15, -0.1) is 0 Å². The summed E-state index contributed by atoms with van der Waals surface area (Å²) in [5.41, 5.74) is 2.45. The van der Waals surface area contributed by atoms with Crippen LogP contribution in [0.5, 0.6) is 0 Å². The average Bonchev–Trinajstić information content (AvgIpc) is 2.42. The average molecular weight is 260 g/mol. The van der Waals surface area contributed by atoms with Crippen LogP contribution in [0.1, 0.15) is 36.8 Å². The third-order valence-corrected chi connectivity index (χ3v) is 3.48. The van der Waals surface area contributed by atoms with Crippen molar-refractivity contribution in [2.45, 2.75) is 32.1 Å². The van der Waals surface area contributed by atoms with Crippen LogP contribution in [-0.2, 0) is 16.0 Å². The Morgan fingerprint density at radius 3 is 2.74 bits per heavy atom. The van der Waals surface area contributed by atoms with E-state index in [9.17, 15) is 9.59 Å². The largest absolute Gasteiger partial charge is 0.355 e. The number of benzene rings is 1. The minimum Gasteiger partial charge on any atom is -0.355 e. The second-order valence-corrected chi connectivity index (χ2v) is 4.92. The molecule has 0 saturated carbocycles. The Kier molecular flexibility index (Phi) is 4.55. The van der Waals surface area contributed by atoms with Crippen molar-refractivity contribution in [1.29, 1.82) is 0 Å². The summed E-state index contributed by atoms with van der Waals surface area (Å²) in [7, 11) is 0. The first-order valence-electron chi connectivity index (χ1n) is 6.78. The van der Waals surface area contributed by atoms with Crippen molar-refractivity contribution < 1.29 is 9.59 Å². The van der Waals surface area contributed by atoms with Crippen LogP contribution in [0.4, 0.5) is 0 Å². The topological polar surface area (TPSA) is 58.2 Å². The van der Waals surface area contributed by atoms with Gasteiger partial charge in [0.1, 0.15) is 0 Å². The van der Waals surface area contributed by atoms with E-state index in [0.29, 0.717) is 13.1 Å². The summed E-state index contributed by atoms with van der Waals surface area (Å²) in [5.74, 6) is -0.0444. The normalized spacial score (nSPS) is 17.4. The van der Waals surface area contributed by atoms with E-state index in [1.165, 1.54) is 12.5 Å². The van der Waals surface area contributed by atoms with E-state index in [1.807, 2.05) is 18.2 Å². The molecule has 0 spiro atoms. The molecule has 1 aliphatic carbocycles. The molecule has 0 bridgehead atoms. The highest BCUT2D eigenvalue weighted by Gasteiger charge is 2.25. The van der Waals surface area contributed by atoms with Crippen molar-refractivity contribution in [3.05, 3.63) is 35.4 Å². The highest BCUT2D eigenvalue weighted by Crippen LogP contribution is 2.31. The molecular weight excluding hydrogens is 240 g/mol. The number of aryl methyl sites for hydroxylation is 1. The summed E-state index contributed by atoms with van der Waals surface area (Å²) >= 11 is 0. The van der Waals surface area contributed by atoms with Crippen LogP contribution < -0.4 is 10.6 Å². The lowest BCUT2D eigenvalue weighted by Gasteiger charge is -2.24. The number of hydrogen-bond acceptors (Lipinski definition) is 2. The van der Waals surface area contributed by atoms with Gasteiger partial charge in [0.15, 0.2) is 0 Å². The van der Waals surface area contributed by atoms with Gasteiger partial charge < -0.3 is 10.6 Å². The van der Waals surface area contributed by atoms with Crippen molar-refractivity contribution in [3.63, 3.8) is 0 Å². The third-order valence-electron chi connectivity index (χ3n) is 3.48. The van der Waals surface area contributed by atoms with Gasteiger partial charge in [-0.3, -0.25) is 9.59 Å². The Bertz CT molecular complexity index is 471. The molecule has 0 aromatic heterocycles. The number of carbonyl (C=O) groups excluding carboxylic acids is 2. The van der Waals surface area contributed by atoms with Crippen LogP contribution in [0.2, 0.25) is 0 Å². The van der Waals surface area contributed by atoms with Crippen LogP contribution in [-0.4, -0.2) is 24.9 Å². The predicted molar refractivity (Wildman–Crippen MR) is 73.8 cm³/mol. The molecule has 4 nitrogen and oxygen atoms in total. The van der Waals surface area contributed by atoms with Crippen molar-refractivity contribution >= 4 is 11.8 Å². The van der Waals surface area contributed by atoms with E-state index in [1.54, 1.807) is 0 Å². The summed E-state index contributed by atoms with van der Waals surface area (Å²) in [5, 5.41) is 5.56. The fourth-order valence-electron chi connectivity index (χ4n) is 2.57. The van der Waals surface area contributed by atoms with Crippen LogP contribution in [0.3, 0.4) is 0 Å². The molecule has 0 radical (unpaired) electrons. The Morgan fingerprint density at radius 1 is 1.21 bits per heavy atom. The van der Waals surface area contributed by atoms with Gasteiger partial charge in [0.2, 0.25) is 11.8 Å². The van der Waals surface area contributed by atoms with Crippen molar-refractivity contribution in [3.8, 4) is 0 Å². The first kappa shape index (κ1) is 13.6. The molecule has 102 valence electrons. The van der Waals surface area contributed by atoms with Crippen molar-refractivity contribution in [1.82, 2.24) is 10.6 Å². The fraction of sp³-hybridized carbons (Fsp3) is 0.467. The monoisotopic (exact) mass is 260 g/mol. The summed E-state index contributed by atoms with van der Waals surface area (Å²) in [6.45, 7) is 2.44. The quantitative estimate of drug-likeness (QED) is 0.803. The van der Waals surface area contributed by atoms with Gasteiger partial charge in [0, 0.05) is 20.0 Å². The first-order chi connectivity index (χ1) is 9.18. The predicted octanol–water partition coefficient (Wildman–Crippen LogP) is 1.36. The molecule has 2 rings (SSSR count). The molecule has 2 N–H and O–H groups in total. The molecule has 0 heterocycles. The van der Waals surface area contributed by atoms with Crippen LogP contribution >= 0.6 is 0 Å². The van der Waals surface area contributed by atoms with Gasteiger partial charge in [0.05, 0.1) is 5.92 Å². The highest BCUT2D eigenvalue weighted by atomic mass is 16.2. The second-order valence-electron chi connectivity index (χ2n) is 4.92. The lowest BCUT2D eigenvalue weighted by molar-refractivity contribution is -0.123. The molecule has 0 aliphatic heterocycles. The molecule has 0 saturated heterocycles. The summed E-state index contributed by atoms with van der Waals surface area (Å²) in [6.07, 6.45) is 3.02. The molecular formula is C15H20N2O2. The van der Waals surface area contributed by atoms with E-state index < -0.39 is 0 Å². The van der Waals surface area contributed by atoms with Crippen molar-refractivity contribution in [2.75, 3.05) is 13.1 Å². The second kappa shape index (κ2) is 6.36. The maximum atomic E-state index is 12.2. The number of rotatable bonds is 4. The summed E-state index contributed by atoms with van der Waals surface area (Å²) < 4.78 is 0. The third kappa shape index (κ3) is 3.56. The summed E-state index contributed by atoms with van der Waals surface area (Å²) in [6, 6.07) is 8.16. The Hall–Kier alpha value is -1.84. The van der Waals surface area contributed by atoms with Crippen LogP contribution in [0, 0.1) is 0 Å². The maximum absolute atomic E-state index is 12.2. The first-order valence-corrected chi connectivity index (χ1v) is 6.78. The van der Waals surface area contributed by atoms with E-state index in [-0.39, 0.29) is 17.7 Å². The Balaban J connectivity index is 1.92. The van der Waals surface area contributed by atoms with E-state index >= 15 is 0 Å². The number of hydrogen-bond donors (Lipinski definition) is 2. The molecule has 19 heavy (non-hydrogen) atoms. The SMILES string of the molecule is CC(=O)NCCNC(=O)[C@H]1CCCc2ccccc21. The lowest BCUT2D eigenvalue weighted by Crippen LogP contribution is -2.37. The van der Waals surface area contributed by atoms with Gasteiger partial charge >= 0.3 is 0 Å². The summed E-state index contributed by atoms with van der Waals surface area (Å²) in [4.78, 5) is 22.9. The molecule has 1 aromatic rings. The minimum atomic E-state index is -0.0720. The number of nitrogens with one attached hydrogen (secondary N) is 2. The zero-order chi connectivity index (χ0) is 13.7. The molecule has 0 unspecified atom stereocenters. The van der Waals surface area contributed by atoms with Gasteiger partial charge in [-0.05, 0) is 30.4 Å². The van der Waals surface area contributed by atoms with Gasteiger partial charge in [-0.1, -0.05) is 24.3 Å². The van der Waals surface area contributed by atoms with Crippen LogP contribution in [0.25, 0.3) is 0 Å². The molecule has 1 atom stereocenters. The number of carbonyl (C=O) groups is 2. The molecule has 0 fully saturated rings. The standard InChI is InChI=1S/C15H20N2O2/c1-11(18)16-9-10-17-15(19)14-8-4-6-12-5-2-3-7-13(12)14/h2-3,5,7,14H,4,6,8-10H2,1H3,(H,16,18)(H,17,19)/t14-/m0/s1. The molecule has 1 aromatic carbocycles. The zero-order valence-corrected chi connectivity index (χ0v) is 11.2. The smallest absolute Gasteiger partial charge is 0.227 e. The van der Waals surface area contributed by atoms with Gasteiger partial charge in [-0.25, -0.2) is 0 Å². The van der Waals surface area contributed by atoms with Crippen LogP contribution in [0.15, 0.2) is 24.3 Å². The number of fused-ring (bicyclic) bond motifs is 1. The molecule has 2 amide bonds. The zero-order valence-electron chi connectivity index (χ0n) is 11.2. The fourth-order valence-corrected chi connectivity index (χ4v) is 2.57. The van der Waals surface area contributed by atoms with E-state index in [0.717, 1.165) is 24.8 Å². The van der Waals surface area contributed by atoms with Crippen molar-refractivity contribution in [2.24, 2.45) is 0 Å². The minimum absolute atomic E-state index is 0.0396. The lowest BCUT2D eigenvalue weighted by atomic mass is 9.82. The van der Waals surface area contributed by atoms with E-state index in [2.05, 4.69) is 16.7 Å². The number of amides is 2. The molecule has 1 aliphatic rings. The van der Waals surface area contributed by atoms with Gasteiger partial charge in [0.25, 0.3) is 0 Å². The Labute approximate surface area is 113 Å². The van der Waals surface area contributed by atoms with E-state index in [4.69, 9.17) is 0 Å². The molecule has 4 heteroatoms. The maximum Gasteiger partial charge on any atom is 0.227 e. The highest BCUT2D eigenvalue weighted by molar-refractivity contribution is 5.84.